The van der Waals surface area contributed by atoms with Crippen LogP contribution < -0.4 is 5.62 Å². The molecule has 0 aliphatic rings. The van der Waals surface area contributed by atoms with Crippen molar-refractivity contribution in [1.29, 1.82) is 5.41 Å². The topological polar surface area (TPSA) is 74.8 Å². The molecule has 3 rings (SSSR count). The molecule has 1 aromatic heterocycles. The molecule has 3 aromatic rings. The summed E-state index contributed by atoms with van der Waals surface area (Å²) in [4.78, 5) is 0. The maximum atomic E-state index is 9.78. The zero-order valence-corrected chi connectivity index (χ0v) is 8.25. The van der Waals surface area contributed by atoms with Crippen LogP contribution in [-0.2, 0) is 0 Å². The molecule has 5 nitrogen and oxygen atoms in total. The summed E-state index contributed by atoms with van der Waals surface area (Å²) in [5.74, 6) is 0. The molecule has 0 amide bonds. The van der Waals surface area contributed by atoms with Crippen molar-refractivity contribution in [2.75, 3.05) is 0 Å². The van der Waals surface area contributed by atoms with Gasteiger partial charge in [-0.1, -0.05) is 30.3 Å². The van der Waals surface area contributed by atoms with E-state index in [2.05, 4.69) is 10.2 Å². The maximum Gasteiger partial charge on any atom is 0.275 e. The fourth-order valence-electron chi connectivity index (χ4n) is 1.80. The Labute approximate surface area is 90.1 Å². The summed E-state index contributed by atoms with van der Waals surface area (Å²) in [7, 11) is 0. The van der Waals surface area contributed by atoms with Crippen molar-refractivity contribution in [2.24, 2.45) is 0 Å². The van der Waals surface area contributed by atoms with Crippen molar-refractivity contribution >= 4 is 21.8 Å². The Balaban J connectivity index is 2.68. The Hall–Kier alpha value is -2.43. The van der Waals surface area contributed by atoms with Gasteiger partial charge in [0.1, 0.15) is 11.0 Å². The lowest BCUT2D eigenvalue weighted by Gasteiger charge is -2.05. The van der Waals surface area contributed by atoms with Crippen molar-refractivity contribution in [3.05, 3.63) is 42.0 Å². The molecule has 0 bridgehead atoms. The van der Waals surface area contributed by atoms with E-state index in [0.717, 1.165) is 15.5 Å². The number of fused-ring (bicyclic) bond motifs is 3. The van der Waals surface area contributed by atoms with E-state index < -0.39 is 0 Å². The Bertz CT molecular complexity index is 748. The molecule has 0 aliphatic heterocycles. The van der Waals surface area contributed by atoms with E-state index in [-0.39, 0.29) is 5.62 Å². The number of nitrogens with one attached hydrogen (secondary N) is 1. The van der Waals surface area contributed by atoms with Gasteiger partial charge in [0.25, 0.3) is 5.62 Å². The maximum absolute atomic E-state index is 9.78. The van der Waals surface area contributed by atoms with E-state index in [1.54, 1.807) is 6.07 Å². The molecular weight excluding hydrogens is 204 g/mol. The number of rotatable bonds is 0. The molecule has 5 heteroatoms. The van der Waals surface area contributed by atoms with Crippen LogP contribution in [0.2, 0.25) is 0 Å². The van der Waals surface area contributed by atoms with Crippen LogP contribution in [0.4, 0.5) is 0 Å². The highest BCUT2D eigenvalue weighted by molar-refractivity contribution is 6.03. The van der Waals surface area contributed by atoms with Gasteiger partial charge in [-0.15, -0.1) is 14.9 Å². The second-order valence-electron chi connectivity index (χ2n) is 3.49. The Morgan fingerprint density at radius 3 is 2.75 bits per heavy atom. The summed E-state index contributed by atoms with van der Waals surface area (Å²) in [5, 5.41) is 26.5. The number of nitrogens with zero attached hydrogens (tertiary/aromatic N) is 3. The predicted molar refractivity (Wildman–Crippen MR) is 58.1 cm³/mol. The minimum Gasteiger partial charge on any atom is -0.425 e. The van der Waals surface area contributed by atoms with E-state index in [1.807, 2.05) is 30.3 Å². The van der Waals surface area contributed by atoms with Crippen molar-refractivity contribution in [1.82, 2.24) is 14.9 Å². The molecule has 0 saturated heterocycles. The van der Waals surface area contributed by atoms with Crippen LogP contribution in [-0.4, -0.2) is 20.1 Å². The van der Waals surface area contributed by atoms with Gasteiger partial charge < -0.3 is 5.21 Å². The molecule has 0 aliphatic carbocycles. The molecule has 0 fully saturated rings. The Morgan fingerprint density at radius 1 is 1.06 bits per heavy atom. The first-order valence-corrected chi connectivity index (χ1v) is 4.78. The molecule has 0 unspecified atom stereocenters. The monoisotopic (exact) mass is 212 g/mol. The van der Waals surface area contributed by atoms with Gasteiger partial charge in [0, 0.05) is 5.39 Å². The van der Waals surface area contributed by atoms with Crippen LogP contribution in [0.3, 0.4) is 0 Å². The molecule has 2 aromatic carbocycles. The fourth-order valence-corrected chi connectivity index (χ4v) is 1.80. The van der Waals surface area contributed by atoms with Gasteiger partial charge in [0.05, 0.1) is 0 Å². The lowest BCUT2D eigenvalue weighted by Crippen LogP contribution is -2.22. The van der Waals surface area contributed by atoms with Gasteiger partial charge in [-0.05, 0) is 11.5 Å². The van der Waals surface area contributed by atoms with Crippen LogP contribution in [0.25, 0.3) is 21.8 Å². The van der Waals surface area contributed by atoms with E-state index in [9.17, 15) is 5.21 Å². The van der Waals surface area contributed by atoms with Crippen LogP contribution in [0, 0.1) is 5.41 Å². The summed E-state index contributed by atoms with van der Waals surface area (Å²) >= 11 is 0. The fraction of sp³-hybridized carbons (Fsp3) is 0. The first kappa shape index (κ1) is 8.84. The van der Waals surface area contributed by atoms with E-state index in [0.29, 0.717) is 11.0 Å². The zero-order chi connectivity index (χ0) is 11.1. The Morgan fingerprint density at radius 2 is 1.88 bits per heavy atom. The third-order valence-electron chi connectivity index (χ3n) is 2.54. The standard InChI is InChI=1S/C11H8N4O/c12-11-14-13-9-6-5-7-3-1-2-4-8(7)10(9)15(11)16/h1-6,12,16H. The quantitative estimate of drug-likeness (QED) is 0.435. The van der Waals surface area contributed by atoms with Crippen LogP contribution in [0.15, 0.2) is 36.4 Å². The summed E-state index contributed by atoms with van der Waals surface area (Å²) in [6.45, 7) is 0. The molecule has 16 heavy (non-hydrogen) atoms. The summed E-state index contributed by atoms with van der Waals surface area (Å²) in [5.41, 5.74) is 0.805. The highest BCUT2D eigenvalue weighted by atomic mass is 16.5. The molecule has 0 atom stereocenters. The van der Waals surface area contributed by atoms with Gasteiger partial charge in [0.15, 0.2) is 0 Å². The summed E-state index contributed by atoms with van der Waals surface area (Å²) < 4.78 is 0.755. The van der Waals surface area contributed by atoms with Gasteiger partial charge >= 0.3 is 0 Å². The summed E-state index contributed by atoms with van der Waals surface area (Å²) in [6, 6.07) is 11.3. The number of aromatic nitrogens is 3. The molecule has 0 saturated carbocycles. The number of hydrogen-bond acceptors (Lipinski definition) is 4. The predicted octanol–water partition coefficient (Wildman–Crippen LogP) is 1.30. The van der Waals surface area contributed by atoms with Gasteiger partial charge in [0.2, 0.25) is 0 Å². The van der Waals surface area contributed by atoms with Crippen molar-refractivity contribution in [3.8, 4) is 0 Å². The third kappa shape index (κ3) is 1.08. The molecule has 0 spiro atoms. The lowest BCUT2D eigenvalue weighted by molar-refractivity contribution is 0.178. The molecule has 2 N–H and O–H groups in total. The second-order valence-corrected chi connectivity index (χ2v) is 3.49. The van der Waals surface area contributed by atoms with E-state index >= 15 is 0 Å². The molecular formula is C11H8N4O. The SMILES string of the molecule is N=c1nnc2ccc3ccccc3c2n1O. The Kier molecular flexibility index (Phi) is 1.67. The van der Waals surface area contributed by atoms with Crippen molar-refractivity contribution in [2.45, 2.75) is 0 Å². The second kappa shape index (κ2) is 3.03. The van der Waals surface area contributed by atoms with Crippen LogP contribution in [0.5, 0.6) is 0 Å². The number of hydrogen-bond donors (Lipinski definition) is 2. The van der Waals surface area contributed by atoms with Crippen LogP contribution in [0.1, 0.15) is 0 Å². The van der Waals surface area contributed by atoms with Crippen molar-refractivity contribution in [3.63, 3.8) is 0 Å². The smallest absolute Gasteiger partial charge is 0.275 e. The molecule has 0 radical (unpaired) electrons. The highest BCUT2D eigenvalue weighted by Crippen LogP contribution is 2.21. The van der Waals surface area contributed by atoms with Gasteiger partial charge in [-0.2, -0.15) is 0 Å². The zero-order valence-electron chi connectivity index (χ0n) is 8.25. The van der Waals surface area contributed by atoms with Gasteiger partial charge in [-0.3, -0.25) is 5.41 Å². The molecule has 78 valence electrons. The summed E-state index contributed by atoms with van der Waals surface area (Å²) in [6.07, 6.45) is 0. The largest absolute Gasteiger partial charge is 0.425 e. The highest BCUT2D eigenvalue weighted by Gasteiger charge is 2.06. The van der Waals surface area contributed by atoms with E-state index in [4.69, 9.17) is 5.41 Å². The average Bonchev–Trinajstić information content (AvgIpc) is 2.33. The number of benzene rings is 2. The minimum atomic E-state index is -0.274. The lowest BCUT2D eigenvalue weighted by atomic mass is 10.1. The van der Waals surface area contributed by atoms with Crippen LogP contribution >= 0.6 is 0 Å². The van der Waals surface area contributed by atoms with Crippen molar-refractivity contribution < 1.29 is 5.21 Å². The minimum absolute atomic E-state index is 0.274. The van der Waals surface area contributed by atoms with Gasteiger partial charge in [-0.25, -0.2) is 0 Å². The molecule has 1 heterocycles. The first-order valence-electron chi connectivity index (χ1n) is 4.78. The first-order chi connectivity index (χ1) is 7.77. The average molecular weight is 212 g/mol. The normalized spacial score (nSPS) is 11.0. The third-order valence-corrected chi connectivity index (χ3v) is 2.54. The van der Waals surface area contributed by atoms with E-state index in [1.165, 1.54) is 0 Å².